The highest BCUT2D eigenvalue weighted by atomic mass is 35.6. The predicted octanol–water partition coefficient (Wildman–Crippen LogP) is 4.54. The summed E-state index contributed by atoms with van der Waals surface area (Å²) in [6, 6.07) is 14.2. The number of aryl methyl sites for hydroxylation is 1. The van der Waals surface area contributed by atoms with E-state index in [4.69, 9.17) is 39.5 Å². The summed E-state index contributed by atoms with van der Waals surface area (Å²) in [6.45, 7) is 1.90. The number of alkyl halides is 3. The molecule has 1 amide bonds. The molecule has 0 fully saturated rings. The summed E-state index contributed by atoms with van der Waals surface area (Å²) in [4.78, 5) is 12.4. The Morgan fingerprint density at radius 2 is 1.79 bits per heavy atom. The highest BCUT2D eigenvalue weighted by molar-refractivity contribution is 6.68. The molecule has 0 aliphatic heterocycles. The summed E-state index contributed by atoms with van der Waals surface area (Å²) in [5.74, 6) is 0.366. The number of rotatable bonds is 5. The molecule has 0 aliphatic carbocycles. The van der Waals surface area contributed by atoms with Crippen LogP contribution in [-0.4, -0.2) is 23.0 Å². The van der Waals surface area contributed by atoms with Crippen LogP contribution in [0.25, 0.3) is 0 Å². The third-order valence-corrected chi connectivity index (χ3v) is 3.94. The molecule has 24 heavy (non-hydrogen) atoms. The normalized spacial score (nSPS) is 12.4. The Bertz CT molecular complexity index is 700. The lowest BCUT2D eigenvalue weighted by Gasteiger charge is -2.27. The molecule has 0 saturated heterocycles. The minimum absolute atomic E-state index is 0.337. The van der Waals surface area contributed by atoms with Gasteiger partial charge in [-0.25, -0.2) is 0 Å². The Kier molecular flexibility index (Phi) is 6.21. The minimum atomic E-state index is -1.74. The van der Waals surface area contributed by atoms with Gasteiger partial charge in [0.15, 0.2) is 0 Å². The van der Waals surface area contributed by atoms with Crippen molar-refractivity contribution in [3.8, 4) is 5.75 Å². The van der Waals surface area contributed by atoms with E-state index in [9.17, 15) is 4.79 Å². The first kappa shape index (κ1) is 18.7. The van der Waals surface area contributed by atoms with Crippen molar-refractivity contribution < 1.29 is 9.53 Å². The molecule has 0 aliphatic rings. The van der Waals surface area contributed by atoms with E-state index in [-0.39, 0.29) is 5.91 Å². The molecule has 4 nitrogen and oxygen atoms in total. The number of hydrogen-bond donors (Lipinski definition) is 2. The van der Waals surface area contributed by atoms with Gasteiger partial charge >= 0.3 is 0 Å². The average molecular weight is 388 g/mol. The van der Waals surface area contributed by atoms with Crippen molar-refractivity contribution in [3.63, 3.8) is 0 Å². The van der Waals surface area contributed by atoms with Crippen molar-refractivity contribution in [3.05, 3.63) is 59.7 Å². The van der Waals surface area contributed by atoms with Gasteiger partial charge in [-0.05, 0) is 43.3 Å². The number of carbonyl (C=O) groups excluding carboxylic acids is 1. The van der Waals surface area contributed by atoms with Crippen LogP contribution < -0.4 is 15.4 Å². The molecule has 0 radical (unpaired) electrons. The molecule has 0 aromatic heterocycles. The van der Waals surface area contributed by atoms with Crippen molar-refractivity contribution in [1.82, 2.24) is 5.32 Å². The van der Waals surface area contributed by atoms with E-state index in [1.807, 2.05) is 13.0 Å². The number of anilines is 1. The first-order valence-electron chi connectivity index (χ1n) is 7.14. The van der Waals surface area contributed by atoms with Gasteiger partial charge in [0, 0.05) is 11.3 Å². The van der Waals surface area contributed by atoms with Crippen LogP contribution in [0.1, 0.15) is 15.9 Å². The monoisotopic (exact) mass is 386 g/mol. The Morgan fingerprint density at radius 1 is 1.12 bits per heavy atom. The Morgan fingerprint density at radius 3 is 2.33 bits per heavy atom. The van der Waals surface area contributed by atoms with Crippen molar-refractivity contribution in [2.75, 3.05) is 12.4 Å². The zero-order valence-electron chi connectivity index (χ0n) is 13.1. The van der Waals surface area contributed by atoms with Crippen molar-refractivity contribution >= 4 is 46.4 Å². The summed E-state index contributed by atoms with van der Waals surface area (Å²) in [5, 5.41) is 5.70. The second kappa shape index (κ2) is 7.97. The molecule has 0 heterocycles. The maximum Gasteiger partial charge on any atom is 0.252 e. The van der Waals surface area contributed by atoms with Crippen LogP contribution in [0.15, 0.2) is 48.5 Å². The summed E-state index contributed by atoms with van der Waals surface area (Å²) < 4.78 is 3.36. The number of methoxy groups -OCH3 is 1. The number of hydrogen-bond acceptors (Lipinski definition) is 3. The zero-order valence-corrected chi connectivity index (χ0v) is 15.4. The number of amides is 1. The fourth-order valence-corrected chi connectivity index (χ4v) is 2.38. The maximum atomic E-state index is 12.4. The third kappa shape index (κ3) is 5.20. The molecule has 2 rings (SSSR count). The van der Waals surface area contributed by atoms with Crippen molar-refractivity contribution in [2.45, 2.75) is 16.9 Å². The fourth-order valence-electron chi connectivity index (χ4n) is 2.05. The number of carbonyl (C=O) groups is 1. The molecule has 0 saturated carbocycles. The molecule has 2 N–H and O–H groups in total. The quantitative estimate of drug-likeness (QED) is 0.585. The van der Waals surface area contributed by atoms with Crippen LogP contribution in [-0.2, 0) is 0 Å². The van der Waals surface area contributed by atoms with Gasteiger partial charge in [0.2, 0.25) is 3.79 Å². The van der Waals surface area contributed by atoms with Crippen LogP contribution in [0.2, 0.25) is 0 Å². The predicted molar refractivity (Wildman–Crippen MR) is 99.3 cm³/mol. The Hall–Kier alpha value is -1.62. The van der Waals surface area contributed by atoms with Crippen LogP contribution >= 0.6 is 34.8 Å². The van der Waals surface area contributed by atoms with E-state index >= 15 is 0 Å². The molecule has 2 aromatic rings. The van der Waals surface area contributed by atoms with Gasteiger partial charge in [0.05, 0.1) is 7.11 Å². The fraction of sp³-hybridized carbons (Fsp3) is 0.235. The molecular formula is C17H17Cl3N2O2. The number of benzene rings is 2. The first-order chi connectivity index (χ1) is 11.3. The topological polar surface area (TPSA) is 50.4 Å². The van der Waals surface area contributed by atoms with Gasteiger partial charge in [0.25, 0.3) is 5.91 Å². The maximum absolute atomic E-state index is 12.4. The van der Waals surface area contributed by atoms with E-state index in [0.717, 1.165) is 5.56 Å². The minimum Gasteiger partial charge on any atom is -0.497 e. The second-order valence-electron chi connectivity index (χ2n) is 5.19. The number of halogens is 3. The molecule has 0 unspecified atom stereocenters. The SMILES string of the molecule is COc1ccc(N[C@H](NC(=O)c2cccc(C)c2)C(Cl)(Cl)Cl)cc1. The molecule has 128 valence electrons. The van der Waals surface area contributed by atoms with Gasteiger partial charge in [-0.15, -0.1) is 0 Å². The number of nitrogens with one attached hydrogen (secondary N) is 2. The Balaban J connectivity index is 2.14. The van der Waals surface area contributed by atoms with Gasteiger partial charge < -0.3 is 15.4 Å². The first-order valence-corrected chi connectivity index (χ1v) is 8.28. The van der Waals surface area contributed by atoms with E-state index in [1.54, 1.807) is 49.6 Å². The van der Waals surface area contributed by atoms with Crippen LogP contribution in [0.5, 0.6) is 5.75 Å². The van der Waals surface area contributed by atoms with Crippen molar-refractivity contribution in [2.24, 2.45) is 0 Å². The van der Waals surface area contributed by atoms with Crippen LogP contribution in [0.3, 0.4) is 0 Å². The van der Waals surface area contributed by atoms with E-state index in [2.05, 4.69) is 10.6 Å². The van der Waals surface area contributed by atoms with Gasteiger partial charge in [-0.2, -0.15) is 0 Å². The van der Waals surface area contributed by atoms with E-state index in [1.165, 1.54) is 0 Å². The average Bonchev–Trinajstić information content (AvgIpc) is 2.54. The smallest absolute Gasteiger partial charge is 0.252 e. The molecular weight excluding hydrogens is 371 g/mol. The van der Waals surface area contributed by atoms with E-state index in [0.29, 0.717) is 17.0 Å². The van der Waals surface area contributed by atoms with Gasteiger partial charge in [0.1, 0.15) is 11.9 Å². The standard InChI is InChI=1S/C17H17Cl3N2O2/c1-11-4-3-5-12(10-11)15(23)22-16(17(18,19)20)21-13-6-8-14(24-2)9-7-13/h3-10,16,21H,1-2H3,(H,22,23)/t16-/m1/s1. The highest BCUT2D eigenvalue weighted by Crippen LogP contribution is 2.31. The lowest BCUT2D eigenvalue weighted by molar-refractivity contribution is 0.0941. The van der Waals surface area contributed by atoms with Crippen molar-refractivity contribution in [1.29, 1.82) is 0 Å². The molecule has 0 bridgehead atoms. The third-order valence-electron chi connectivity index (χ3n) is 3.28. The molecule has 7 heteroatoms. The lowest BCUT2D eigenvalue weighted by atomic mass is 10.1. The zero-order chi connectivity index (χ0) is 17.7. The van der Waals surface area contributed by atoms with Gasteiger partial charge in [-0.3, -0.25) is 4.79 Å². The molecule has 0 spiro atoms. The summed E-state index contributed by atoms with van der Waals surface area (Å²) in [7, 11) is 1.58. The summed E-state index contributed by atoms with van der Waals surface area (Å²) in [5.41, 5.74) is 2.14. The van der Waals surface area contributed by atoms with E-state index < -0.39 is 9.96 Å². The molecule has 1 atom stereocenters. The second-order valence-corrected chi connectivity index (χ2v) is 7.56. The summed E-state index contributed by atoms with van der Waals surface area (Å²) in [6.07, 6.45) is -0.913. The van der Waals surface area contributed by atoms with Gasteiger partial charge in [-0.1, -0.05) is 52.5 Å². The van der Waals surface area contributed by atoms with Crippen LogP contribution in [0, 0.1) is 6.92 Å². The summed E-state index contributed by atoms with van der Waals surface area (Å²) >= 11 is 18.0. The highest BCUT2D eigenvalue weighted by Gasteiger charge is 2.34. The lowest BCUT2D eigenvalue weighted by Crippen LogP contribution is -2.49. The van der Waals surface area contributed by atoms with Crippen LogP contribution in [0.4, 0.5) is 5.69 Å². The molecule has 2 aromatic carbocycles. The largest absolute Gasteiger partial charge is 0.497 e. The Labute approximate surface area is 156 Å². The number of ether oxygens (including phenoxy) is 1.